The minimum Gasteiger partial charge on any atom is -0.324 e. The predicted octanol–water partition coefficient (Wildman–Crippen LogP) is 2.00. The highest BCUT2D eigenvalue weighted by atomic mass is 15.2. The molecule has 56 valence electrons. The normalized spacial score (nSPS) is 7.50. The lowest BCUT2D eigenvalue weighted by atomic mass is 10.3. The van der Waals surface area contributed by atoms with Crippen LogP contribution in [-0.4, -0.2) is 0 Å². The molecule has 0 aliphatic rings. The second-order valence-electron chi connectivity index (χ2n) is 1.51. The summed E-state index contributed by atoms with van der Waals surface area (Å²) in [4.78, 5) is 0. The molecule has 0 saturated carbocycles. The summed E-state index contributed by atoms with van der Waals surface area (Å²) in [6.45, 7) is 4.00. The molecule has 2 nitrogen and oxygen atoms in total. The highest BCUT2D eigenvalue weighted by Crippen LogP contribution is 2.00. The Bertz CT molecular complexity index is 149. The van der Waals surface area contributed by atoms with Gasteiger partial charge in [0.1, 0.15) is 0 Å². The van der Waals surface area contributed by atoms with E-state index in [0.29, 0.717) is 0 Å². The fourth-order valence-electron chi connectivity index (χ4n) is 0.534. The molecule has 1 aromatic carbocycles. The second-order valence-corrected chi connectivity index (χ2v) is 1.51. The second kappa shape index (κ2) is 6.11. The highest BCUT2D eigenvalue weighted by Gasteiger charge is 1.78. The van der Waals surface area contributed by atoms with E-state index in [1.165, 1.54) is 0 Å². The summed E-state index contributed by atoms with van der Waals surface area (Å²) in [7, 11) is 0. The van der Waals surface area contributed by atoms with Crippen molar-refractivity contribution in [1.29, 1.82) is 0 Å². The van der Waals surface area contributed by atoms with E-state index < -0.39 is 0 Å². The average molecular weight is 138 g/mol. The summed E-state index contributed by atoms with van der Waals surface area (Å²) in [5, 5.41) is 0. The van der Waals surface area contributed by atoms with Crippen LogP contribution in [0.25, 0.3) is 0 Å². The fraction of sp³-hybridized carbons (Fsp3) is 0.250. The molecule has 0 radical (unpaired) electrons. The van der Waals surface area contributed by atoms with Crippen LogP contribution in [0.2, 0.25) is 0 Å². The summed E-state index contributed by atoms with van der Waals surface area (Å²) in [5.41, 5.74) is 3.46. The number of hydrogen-bond acceptors (Lipinski definition) is 2. The van der Waals surface area contributed by atoms with Gasteiger partial charge in [0.05, 0.1) is 0 Å². The van der Waals surface area contributed by atoms with Crippen LogP contribution in [0.3, 0.4) is 0 Å². The summed E-state index contributed by atoms with van der Waals surface area (Å²) in [5.74, 6) is 5.10. The maximum absolute atomic E-state index is 5.10. The largest absolute Gasteiger partial charge is 0.324 e. The number of rotatable bonds is 1. The van der Waals surface area contributed by atoms with E-state index in [2.05, 4.69) is 5.43 Å². The highest BCUT2D eigenvalue weighted by molar-refractivity contribution is 5.40. The van der Waals surface area contributed by atoms with Gasteiger partial charge in [-0.05, 0) is 12.1 Å². The van der Waals surface area contributed by atoms with E-state index in [4.69, 9.17) is 5.84 Å². The van der Waals surface area contributed by atoms with Crippen LogP contribution < -0.4 is 11.3 Å². The molecule has 1 aromatic rings. The van der Waals surface area contributed by atoms with Gasteiger partial charge in [-0.25, -0.2) is 0 Å². The molecule has 2 heteroatoms. The molecule has 0 saturated heterocycles. The summed E-state index contributed by atoms with van der Waals surface area (Å²) in [6.07, 6.45) is 0. The van der Waals surface area contributed by atoms with Crippen molar-refractivity contribution in [3.8, 4) is 0 Å². The lowest BCUT2D eigenvalue weighted by molar-refractivity contribution is 1.35. The Kier molecular flexibility index (Phi) is 5.48. The number of benzene rings is 1. The number of hydrazine groups is 1. The Balaban J connectivity index is 0.000000371. The molecule has 1 rings (SSSR count). The van der Waals surface area contributed by atoms with Gasteiger partial charge in [-0.1, -0.05) is 32.0 Å². The first-order valence-corrected chi connectivity index (χ1v) is 3.45. The van der Waals surface area contributed by atoms with Gasteiger partial charge in [0.25, 0.3) is 0 Å². The Labute approximate surface area is 62.0 Å². The maximum Gasteiger partial charge on any atom is 0.0485 e. The molecule has 0 unspecified atom stereocenters. The van der Waals surface area contributed by atoms with Crippen LogP contribution in [0.4, 0.5) is 5.69 Å². The van der Waals surface area contributed by atoms with Gasteiger partial charge in [0.15, 0.2) is 0 Å². The Morgan fingerprint density at radius 1 is 1.10 bits per heavy atom. The van der Waals surface area contributed by atoms with Gasteiger partial charge in [-0.3, -0.25) is 5.84 Å². The van der Waals surface area contributed by atoms with Crippen molar-refractivity contribution < 1.29 is 0 Å². The number of anilines is 1. The van der Waals surface area contributed by atoms with E-state index in [-0.39, 0.29) is 0 Å². The molecule has 0 aromatic heterocycles. The van der Waals surface area contributed by atoms with Crippen LogP contribution in [0.5, 0.6) is 0 Å². The smallest absolute Gasteiger partial charge is 0.0485 e. The Morgan fingerprint density at radius 3 is 1.90 bits per heavy atom. The van der Waals surface area contributed by atoms with Crippen molar-refractivity contribution in [2.75, 3.05) is 5.43 Å². The SMILES string of the molecule is CC.NNc1ccccc1. The number of nitrogens with one attached hydrogen (secondary N) is 1. The van der Waals surface area contributed by atoms with Crippen molar-refractivity contribution >= 4 is 5.69 Å². The molecule has 0 spiro atoms. The lowest BCUT2D eigenvalue weighted by Crippen LogP contribution is -2.05. The first-order chi connectivity index (χ1) is 4.93. The molecular weight excluding hydrogens is 124 g/mol. The molecule has 0 heterocycles. The topological polar surface area (TPSA) is 38.0 Å². The zero-order valence-electron chi connectivity index (χ0n) is 6.46. The maximum atomic E-state index is 5.10. The number of hydrogen-bond donors (Lipinski definition) is 2. The Hall–Kier alpha value is -1.02. The molecular formula is C8H14N2. The van der Waals surface area contributed by atoms with Gasteiger partial charge in [-0.15, -0.1) is 0 Å². The average Bonchev–Trinajstić information content (AvgIpc) is 2.10. The predicted molar refractivity (Wildman–Crippen MR) is 45.6 cm³/mol. The van der Waals surface area contributed by atoms with Gasteiger partial charge >= 0.3 is 0 Å². The van der Waals surface area contributed by atoms with E-state index in [1.54, 1.807) is 0 Å². The number of nitrogen functional groups attached to an aromatic ring is 1. The summed E-state index contributed by atoms with van der Waals surface area (Å²) < 4.78 is 0. The van der Waals surface area contributed by atoms with Crippen LogP contribution in [0, 0.1) is 0 Å². The van der Waals surface area contributed by atoms with Crippen LogP contribution in [0.1, 0.15) is 13.8 Å². The minimum absolute atomic E-state index is 0.938. The molecule has 3 N–H and O–H groups in total. The first-order valence-electron chi connectivity index (χ1n) is 3.45. The van der Waals surface area contributed by atoms with Crippen molar-refractivity contribution in [2.45, 2.75) is 13.8 Å². The van der Waals surface area contributed by atoms with Crippen molar-refractivity contribution in [2.24, 2.45) is 5.84 Å². The van der Waals surface area contributed by atoms with Crippen LogP contribution in [0.15, 0.2) is 30.3 Å². The molecule has 0 fully saturated rings. The Morgan fingerprint density at radius 2 is 1.60 bits per heavy atom. The molecule has 0 aliphatic carbocycles. The first kappa shape index (κ1) is 8.98. The van der Waals surface area contributed by atoms with E-state index >= 15 is 0 Å². The minimum atomic E-state index is 0.938. The van der Waals surface area contributed by atoms with Gasteiger partial charge in [-0.2, -0.15) is 0 Å². The molecule has 10 heavy (non-hydrogen) atoms. The standard InChI is InChI=1S/C6H8N2.C2H6/c7-8-6-4-2-1-3-5-6;1-2/h1-5,8H,7H2;1-2H3. The zero-order valence-corrected chi connectivity index (χ0v) is 6.46. The van der Waals surface area contributed by atoms with Crippen molar-refractivity contribution in [3.05, 3.63) is 30.3 Å². The number of nitrogens with two attached hydrogens (primary N) is 1. The molecule has 0 aliphatic heterocycles. The molecule has 0 bridgehead atoms. The van der Waals surface area contributed by atoms with E-state index in [0.717, 1.165) is 5.69 Å². The van der Waals surface area contributed by atoms with Gasteiger partial charge < -0.3 is 5.43 Å². The van der Waals surface area contributed by atoms with E-state index in [9.17, 15) is 0 Å². The van der Waals surface area contributed by atoms with Crippen LogP contribution in [-0.2, 0) is 0 Å². The van der Waals surface area contributed by atoms with Crippen molar-refractivity contribution in [1.82, 2.24) is 0 Å². The monoisotopic (exact) mass is 138 g/mol. The summed E-state index contributed by atoms with van der Waals surface area (Å²) in [6, 6.07) is 9.60. The van der Waals surface area contributed by atoms with Crippen LogP contribution >= 0.6 is 0 Å². The van der Waals surface area contributed by atoms with Gasteiger partial charge in [0.2, 0.25) is 0 Å². The van der Waals surface area contributed by atoms with Crippen molar-refractivity contribution in [3.63, 3.8) is 0 Å². The fourth-order valence-corrected chi connectivity index (χ4v) is 0.534. The molecule has 0 amide bonds. The quantitative estimate of drug-likeness (QED) is 0.460. The van der Waals surface area contributed by atoms with Gasteiger partial charge in [0, 0.05) is 5.69 Å². The zero-order chi connectivity index (χ0) is 7.82. The number of para-hydroxylation sites is 1. The van der Waals surface area contributed by atoms with E-state index in [1.807, 2.05) is 44.2 Å². The third kappa shape index (κ3) is 3.10. The lowest BCUT2D eigenvalue weighted by Gasteiger charge is -1.94. The molecule has 0 atom stereocenters. The third-order valence-corrected chi connectivity index (χ3v) is 0.940. The third-order valence-electron chi connectivity index (χ3n) is 0.940. The summed E-state index contributed by atoms with van der Waals surface area (Å²) >= 11 is 0.